The van der Waals surface area contributed by atoms with Crippen LogP contribution in [0.25, 0.3) is 0 Å². The summed E-state index contributed by atoms with van der Waals surface area (Å²) >= 11 is 0. The van der Waals surface area contributed by atoms with Gasteiger partial charge >= 0.3 is 5.97 Å². The first-order valence-corrected chi connectivity index (χ1v) is 13.1. The topological polar surface area (TPSA) is 54.0 Å². The van der Waals surface area contributed by atoms with E-state index in [4.69, 9.17) is 18.6 Å². The summed E-state index contributed by atoms with van der Waals surface area (Å²) < 4.78 is 23.9. The Balaban J connectivity index is 2.06. The number of carbonyl (C=O) groups excluding carboxylic acids is 1. The van der Waals surface area contributed by atoms with Crippen molar-refractivity contribution in [2.24, 2.45) is 0 Å². The Kier molecular flexibility index (Phi) is 8.25. The minimum atomic E-state index is -1.96. The molecular formula is C22H36O5Si. The highest BCUT2D eigenvalue weighted by atomic mass is 28.4. The van der Waals surface area contributed by atoms with E-state index in [9.17, 15) is 4.79 Å². The highest BCUT2D eigenvalue weighted by molar-refractivity contribution is 6.74. The van der Waals surface area contributed by atoms with Crippen molar-refractivity contribution in [3.05, 3.63) is 35.9 Å². The summed E-state index contributed by atoms with van der Waals surface area (Å²) in [4.78, 5) is 11.9. The maximum atomic E-state index is 11.9. The van der Waals surface area contributed by atoms with Gasteiger partial charge in [0.15, 0.2) is 8.32 Å². The lowest BCUT2D eigenvalue weighted by atomic mass is 10.0. The molecule has 0 N–H and O–H groups in total. The molecule has 1 aromatic rings. The summed E-state index contributed by atoms with van der Waals surface area (Å²) in [5.74, 6) is -0.224. The van der Waals surface area contributed by atoms with Gasteiger partial charge in [0.25, 0.3) is 0 Å². The van der Waals surface area contributed by atoms with Crippen molar-refractivity contribution in [3.63, 3.8) is 0 Å². The fourth-order valence-corrected chi connectivity index (χ4v) is 4.31. The van der Waals surface area contributed by atoms with Crippen LogP contribution in [0.15, 0.2) is 30.3 Å². The Morgan fingerprint density at radius 3 is 2.46 bits per heavy atom. The molecule has 0 amide bonds. The first kappa shape index (κ1) is 23.1. The number of ether oxygens (including phenoxy) is 3. The quantitative estimate of drug-likeness (QED) is 0.461. The molecule has 1 fully saturated rings. The zero-order valence-electron chi connectivity index (χ0n) is 18.2. The van der Waals surface area contributed by atoms with Gasteiger partial charge in [-0.2, -0.15) is 0 Å². The maximum absolute atomic E-state index is 11.9. The molecular weight excluding hydrogens is 372 g/mol. The molecule has 158 valence electrons. The molecule has 0 radical (unpaired) electrons. The van der Waals surface area contributed by atoms with Gasteiger partial charge in [0, 0.05) is 6.42 Å². The van der Waals surface area contributed by atoms with Crippen LogP contribution in [0.1, 0.15) is 46.1 Å². The first-order chi connectivity index (χ1) is 13.1. The van der Waals surface area contributed by atoms with Gasteiger partial charge in [0.1, 0.15) is 0 Å². The van der Waals surface area contributed by atoms with Crippen LogP contribution in [-0.4, -0.2) is 45.8 Å². The van der Waals surface area contributed by atoms with E-state index in [1.165, 1.54) is 0 Å². The molecule has 6 heteroatoms. The second-order valence-electron chi connectivity index (χ2n) is 8.95. The van der Waals surface area contributed by atoms with Crippen LogP contribution >= 0.6 is 0 Å². The Morgan fingerprint density at radius 1 is 1.18 bits per heavy atom. The van der Waals surface area contributed by atoms with Gasteiger partial charge in [-0.1, -0.05) is 51.1 Å². The lowest BCUT2D eigenvalue weighted by Gasteiger charge is -2.44. The molecule has 28 heavy (non-hydrogen) atoms. The molecule has 5 nitrogen and oxygen atoms in total. The number of esters is 1. The predicted molar refractivity (Wildman–Crippen MR) is 113 cm³/mol. The van der Waals surface area contributed by atoms with Crippen LogP contribution < -0.4 is 0 Å². The number of hydrogen-bond donors (Lipinski definition) is 0. The summed E-state index contributed by atoms with van der Waals surface area (Å²) in [6.07, 6.45) is 0.459. The lowest BCUT2D eigenvalue weighted by molar-refractivity contribution is -0.161. The molecule has 1 aliphatic heterocycles. The third-order valence-electron chi connectivity index (χ3n) is 5.66. The molecule has 1 aromatic carbocycles. The molecule has 0 unspecified atom stereocenters. The van der Waals surface area contributed by atoms with Gasteiger partial charge in [-0.05, 0) is 30.6 Å². The fourth-order valence-electron chi connectivity index (χ4n) is 2.98. The summed E-state index contributed by atoms with van der Waals surface area (Å²) in [6.45, 7) is 14.3. The van der Waals surface area contributed by atoms with Gasteiger partial charge in [-0.15, -0.1) is 0 Å². The highest BCUT2D eigenvalue weighted by Gasteiger charge is 2.43. The Hall–Kier alpha value is -1.21. The minimum Gasteiger partial charge on any atom is -0.466 e. The molecule has 1 aliphatic rings. The Bertz CT molecular complexity index is 611. The van der Waals surface area contributed by atoms with E-state index in [0.29, 0.717) is 26.2 Å². The summed E-state index contributed by atoms with van der Waals surface area (Å²) in [7, 11) is -1.96. The van der Waals surface area contributed by atoms with Gasteiger partial charge in [0.05, 0.1) is 44.6 Å². The van der Waals surface area contributed by atoms with Crippen molar-refractivity contribution in [2.75, 3.05) is 13.2 Å². The SMILES string of the molecule is CCOC(=O)C[C@@H]1C[C@H](OCc2ccccc2)[C@@H](O[Si](C)(C)C(C)(C)C)CO1. The van der Waals surface area contributed by atoms with Gasteiger partial charge in [-0.25, -0.2) is 0 Å². The average Bonchev–Trinajstić information content (AvgIpc) is 2.61. The lowest BCUT2D eigenvalue weighted by Crippen LogP contribution is -2.52. The molecule has 0 aromatic heterocycles. The molecule has 1 saturated heterocycles. The van der Waals surface area contributed by atoms with E-state index in [1.54, 1.807) is 0 Å². The molecule has 0 spiro atoms. The first-order valence-electron chi connectivity index (χ1n) is 10.2. The molecule has 3 atom stereocenters. The van der Waals surface area contributed by atoms with Crippen LogP contribution in [0.5, 0.6) is 0 Å². The second-order valence-corrected chi connectivity index (χ2v) is 13.7. The van der Waals surface area contributed by atoms with Crippen LogP contribution in [0, 0.1) is 0 Å². The maximum Gasteiger partial charge on any atom is 0.308 e. The zero-order chi connectivity index (χ0) is 20.8. The van der Waals surface area contributed by atoms with Crippen molar-refractivity contribution in [1.29, 1.82) is 0 Å². The van der Waals surface area contributed by atoms with Gasteiger partial charge in [-0.3, -0.25) is 4.79 Å². The summed E-state index contributed by atoms with van der Waals surface area (Å²) in [6, 6.07) is 10.1. The van der Waals surface area contributed by atoms with Gasteiger partial charge < -0.3 is 18.6 Å². The second kappa shape index (κ2) is 10.0. The van der Waals surface area contributed by atoms with Crippen LogP contribution in [0.3, 0.4) is 0 Å². The number of rotatable bonds is 8. The number of hydrogen-bond acceptors (Lipinski definition) is 5. The largest absolute Gasteiger partial charge is 0.466 e. The molecule has 0 saturated carbocycles. The molecule has 0 bridgehead atoms. The van der Waals surface area contributed by atoms with Crippen molar-refractivity contribution < 1.29 is 23.4 Å². The third-order valence-corrected chi connectivity index (χ3v) is 10.2. The Labute approximate surface area is 170 Å². The summed E-state index contributed by atoms with van der Waals surface area (Å²) in [5, 5.41) is 0.110. The van der Waals surface area contributed by atoms with Crippen molar-refractivity contribution >= 4 is 14.3 Å². The van der Waals surface area contributed by atoms with Crippen molar-refractivity contribution in [2.45, 2.75) is 83.6 Å². The average molecular weight is 409 g/mol. The van der Waals surface area contributed by atoms with E-state index in [2.05, 4.69) is 46.0 Å². The number of carbonyl (C=O) groups is 1. The van der Waals surface area contributed by atoms with Crippen LogP contribution in [0.2, 0.25) is 18.1 Å². The molecule has 1 heterocycles. The Morgan fingerprint density at radius 2 is 1.86 bits per heavy atom. The molecule has 0 aliphatic carbocycles. The minimum absolute atomic E-state index is 0.109. The third kappa shape index (κ3) is 6.69. The molecule has 2 rings (SSSR count). The van der Waals surface area contributed by atoms with Crippen LogP contribution in [-0.2, 0) is 30.0 Å². The van der Waals surface area contributed by atoms with Crippen molar-refractivity contribution in [3.8, 4) is 0 Å². The van der Waals surface area contributed by atoms with E-state index in [1.807, 2.05) is 25.1 Å². The zero-order valence-corrected chi connectivity index (χ0v) is 19.2. The van der Waals surface area contributed by atoms with E-state index < -0.39 is 8.32 Å². The van der Waals surface area contributed by atoms with Gasteiger partial charge in [0.2, 0.25) is 0 Å². The summed E-state index contributed by atoms with van der Waals surface area (Å²) in [5.41, 5.74) is 1.13. The fraction of sp³-hybridized carbons (Fsp3) is 0.682. The number of benzene rings is 1. The van der Waals surface area contributed by atoms with E-state index in [-0.39, 0.29) is 35.7 Å². The monoisotopic (exact) mass is 408 g/mol. The smallest absolute Gasteiger partial charge is 0.308 e. The standard InChI is InChI=1S/C22H36O5Si/c1-7-24-21(23)14-18-13-19(26-15-17-11-9-8-10-12-17)20(16-25-18)27-28(5,6)22(2,3)4/h8-12,18-20H,7,13-16H2,1-6H3/t18-,19-,20-/m0/s1. The van der Waals surface area contributed by atoms with E-state index >= 15 is 0 Å². The van der Waals surface area contributed by atoms with E-state index in [0.717, 1.165) is 5.56 Å². The highest BCUT2D eigenvalue weighted by Crippen LogP contribution is 2.39. The normalized spacial score (nSPS) is 23.4. The predicted octanol–water partition coefficient (Wildman–Crippen LogP) is 4.70. The van der Waals surface area contributed by atoms with Crippen LogP contribution in [0.4, 0.5) is 0 Å². The van der Waals surface area contributed by atoms with Crippen molar-refractivity contribution in [1.82, 2.24) is 0 Å².